The topological polar surface area (TPSA) is 123 Å². The number of nitrogens with two attached hydrogens (primary N) is 1. The predicted molar refractivity (Wildman–Crippen MR) is 129 cm³/mol. The number of benzene rings is 2. The van der Waals surface area contributed by atoms with Crippen LogP contribution in [0.3, 0.4) is 0 Å². The molecule has 3 N–H and O–H groups in total. The molecule has 0 aliphatic carbocycles. The third-order valence-corrected chi connectivity index (χ3v) is 5.60. The van der Waals surface area contributed by atoms with Crippen LogP contribution < -0.4 is 31.4 Å². The Labute approximate surface area is 196 Å². The summed E-state index contributed by atoms with van der Waals surface area (Å²) in [7, 11) is 3.24. The summed E-state index contributed by atoms with van der Waals surface area (Å²) >= 11 is 0. The zero-order valence-corrected chi connectivity index (χ0v) is 19.1. The van der Waals surface area contributed by atoms with Crippen molar-refractivity contribution in [1.82, 2.24) is 14.5 Å². The van der Waals surface area contributed by atoms with E-state index in [1.54, 1.807) is 11.9 Å². The molecule has 0 bridgehead atoms. The van der Waals surface area contributed by atoms with Crippen LogP contribution in [0.1, 0.15) is 5.56 Å². The van der Waals surface area contributed by atoms with Gasteiger partial charge in [-0.2, -0.15) is 0 Å². The minimum absolute atomic E-state index is 0.00863. The third-order valence-electron chi connectivity index (χ3n) is 5.60. The van der Waals surface area contributed by atoms with Gasteiger partial charge in [0.2, 0.25) is 5.91 Å². The average Bonchev–Trinajstić information content (AvgIpc) is 2.82. The van der Waals surface area contributed by atoms with E-state index in [9.17, 15) is 14.4 Å². The largest absolute Gasteiger partial charge is 0.486 e. The fourth-order valence-electron chi connectivity index (χ4n) is 3.85. The molecule has 1 aliphatic heterocycles. The highest BCUT2D eigenvalue weighted by Crippen LogP contribution is 2.31. The number of aromatic amines is 1. The van der Waals surface area contributed by atoms with E-state index in [2.05, 4.69) is 4.98 Å². The summed E-state index contributed by atoms with van der Waals surface area (Å²) in [6.45, 7) is 0.974. The predicted octanol–water partition coefficient (Wildman–Crippen LogP) is 0.902. The van der Waals surface area contributed by atoms with Crippen LogP contribution in [-0.2, 0) is 11.3 Å². The van der Waals surface area contributed by atoms with E-state index < -0.39 is 11.2 Å². The molecule has 0 spiro atoms. The number of H-pyrrole nitrogens is 1. The van der Waals surface area contributed by atoms with Crippen molar-refractivity contribution in [3.63, 3.8) is 0 Å². The molecule has 1 amide bonds. The quantitative estimate of drug-likeness (QED) is 0.532. The minimum atomic E-state index is -0.717. The van der Waals surface area contributed by atoms with E-state index >= 15 is 0 Å². The van der Waals surface area contributed by atoms with E-state index in [-0.39, 0.29) is 36.6 Å². The molecule has 1 aromatic heterocycles. The van der Waals surface area contributed by atoms with Crippen LogP contribution >= 0.6 is 0 Å². The van der Waals surface area contributed by atoms with Crippen LogP contribution in [0.25, 0.3) is 0 Å². The molecular weight excluding hydrogens is 438 g/mol. The van der Waals surface area contributed by atoms with Gasteiger partial charge >= 0.3 is 5.69 Å². The number of amides is 1. The number of nitrogen functional groups attached to an aromatic ring is 1. The zero-order chi connectivity index (χ0) is 24.2. The lowest BCUT2D eigenvalue weighted by molar-refractivity contribution is -0.119. The highest BCUT2D eigenvalue weighted by molar-refractivity contribution is 5.96. The summed E-state index contributed by atoms with van der Waals surface area (Å²) in [4.78, 5) is 43.1. The number of nitrogens with zero attached hydrogens (tertiary/aromatic N) is 3. The third kappa shape index (κ3) is 4.96. The van der Waals surface area contributed by atoms with Gasteiger partial charge in [-0.05, 0) is 24.7 Å². The number of carbonyl (C=O) groups excluding carboxylic acids is 1. The number of aromatic nitrogens is 2. The Balaban J connectivity index is 1.45. The maximum absolute atomic E-state index is 13.0. The number of likely N-dealkylation sites (N-methyl/N-ethyl adjacent to an activating group) is 2. The first-order valence-electron chi connectivity index (χ1n) is 10.8. The Bertz CT molecular complexity index is 1290. The maximum Gasteiger partial charge on any atom is 0.330 e. The smallest absolute Gasteiger partial charge is 0.330 e. The lowest BCUT2D eigenvalue weighted by Crippen LogP contribution is -2.45. The second-order valence-corrected chi connectivity index (χ2v) is 8.21. The summed E-state index contributed by atoms with van der Waals surface area (Å²) in [5.41, 5.74) is 5.61. The molecule has 0 fully saturated rings. The molecular formula is C24H27N5O5. The first-order valence-corrected chi connectivity index (χ1v) is 10.8. The number of para-hydroxylation sites is 2. The number of nitrogens with one attached hydrogen (secondary N) is 1. The SMILES string of the molecule is CN(CC(=O)N(C)c1c(N)n(Cc2ccccc2)c(=O)[nH]c1=O)CC1COc2ccccc2O1. The van der Waals surface area contributed by atoms with Gasteiger partial charge in [0, 0.05) is 13.6 Å². The Kier molecular flexibility index (Phi) is 6.69. The number of ether oxygens (including phenoxy) is 2. The molecule has 0 saturated heterocycles. The maximum atomic E-state index is 13.0. The lowest BCUT2D eigenvalue weighted by atomic mass is 10.2. The number of hydrogen-bond acceptors (Lipinski definition) is 7. The Hall–Kier alpha value is -4.05. The molecule has 1 aliphatic rings. The molecule has 10 heteroatoms. The molecule has 3 aromatic rings. The summed E-state index contributed by atoms with van der Waals surface area (Å²) in [6.07, 6.45) is -0.251. The summed E-state index contributed by atoms with van der Waals surface area (Å²) in [6, 6.07) is 16.6. The lowest BCUT2D eigenvalue weighted by Gasteiger charge is -2.30. The van der Waals surface area contributed by atoms with Crippen molar-refractivity contribution in [2.45, 2.75) is 12.6 Å². The van der Waals surface area contributed by atoms with Crippen molar-refractivity contribution >= 4 is 17.4 Å². The average molecular weight is 466 g/mol. The molecule has 2 aromatic carbocycles. The van der Waals surface area contributed by atoms with Gasteiger partial charge in [-0.1, -0.05) is 42.5 Å². The number of anilines is 2. The Morgan fingerprint density at radius 1 is 1.09 bits per heavy atom. The second-order valence-electron chi connectivity index (χ2n) is 8.21. The van der Waals surface area contributed by atoms with Crippen LogP contribution in [0.2, 0.25) is 0 Å². The Morgan fingerprint density at radius 2 is 1.76 bits per heavy atom. The molecule has 2 heterocycles. The van der Waals surface area contributed by atoms with E-state index in [4.69, 9.17) is 15.2 Å². The number of rotatable bonds is 7. The van der Waals surface area contributed by atoms with E-state index in [1.165, 1.54) is 16.5 Å². The molecule has 0 radical (unpaired) electrons. The van der Waals surface area contributed by atoms with Crippen LogP contribution in [0.5, 0.6) is 11.5 Å². The van der Waals surface area contributed by atoms with Crippen molar-refractivity contribution in [3.8, 4) is 11.5 Å². The molecule has 1 atom stereocenters. The molecule has 0 saturated carbocycles. The first-order chi connectivity index (χ1) is 16.3. The number of carbonyl (C=O) groups is 1. The summed E-state index contributed by atoms with van der Waals surface area (Å²) < 4.78 is 12.9. The summed E-state index contributed by atoms with van der Waals surface area (Å²) in [5, 5.41) is 0. The fourth-order valence-corrected chi connectivity index (χ4v) is 3.85. The van der Waals surface area contributed by atoms with E-state index in [0.717, 1.165) is 5.56 Å². The minimum Gasteiger partial charge on any atom is -0.486 e. The molecule has 34 heavy (non-hydrogen) atoms. The van der Waals surface area contributed by atoms with Crippen LogP contribution in [0, 0.1) is 0 Å². The monoisotopic (exact) mass is 465 g/mol. The van der Waals surface area contributed by atoms with E-state index in [1.807, 2.05) is 54.6 Å². The van der Waals surface area contributed by atoms with Crippen molar-refractivity contribution in [3.05, 3.63) is 81.0 Å². The van der Waals surface area contributed by atoms with Crippen LogP contribution in [0.4, 0.5) is 11.5 Å². The van der Waals surface area contributed by atoms with Crippen molar-refractivity contribution in [1.29, 1.82) is 0 Å². The number of fused-ring (bicyclic) bond motifs is 1. The second kappa shape index (κ2) is 9.84. The van der Waals surface area contributed by atoms with Crippen LogP contribution in [-0.4, -0.2) is 60.3 Å². The fraction of sp³-hybridized carbons (Fsp3) is 0.292. The van der Waals surface area contributed by atoms with Crippen LogP contribution in [0.15, 0.2) is 64.2 Å². The normalized spacial score (nSPS) is 14.7. The molecule has 178 valence electrons. The van der Waals surface area contributed by atoms with Gasteiger partial charge in [0.05, 0.1) is 13.1 Å². The van der Waals surface area contributed by atoms with Gasteiger partial charge in [0.25, 0.3) is 5.56 Å². The highest BCUT2D eigenvalue weighted by atomic mass is 16.6. The van der Waals surface area contributed by atoms with Gasteiger partial charge in [0.15, 0.2) is 17.2 Å². The molecule has 10 nitrogen and oxygen atoms in total. The molecule has 4 rings (SSSR count). The van der Waals surface area contributed by atoms with Crippen molar-refractivity contribution in [2.24, 2.45) is 0 Å². The highest BCUT2D eigenvalue weighted by Gasteiger charge is 2.25. The standard InChI is InChI=1S/C24H27N5O5/c1-27(13-17-15-33-18-10-6-7-11-19(18)34-17)14-20(30)28(2)21-22(25)29(24(32)26-23(21)31)12-16-8-4-3-5-9-16/h3-11,17H,12-15,25H2,1-2H3,(H,26,31,32). The Morgan fingerprint density at radius 3 is 2.50 bits per heavy atom. The summed E-state index contributed by atoms with van der Waals surface area (Å²) in [5.74, 6) is 0.923. The van der Waals surface area contributed by atoms with Gasteiger partial charge < -0.3 is 20.1 Å². The van der Waals surface area contributed by atoms with Gasteiger partial charge in [-0.3, -0.25) is 24.0 Å². The van der Waals surface area contributed by atoms with Gasteiger partial charge in [-0.15, -0.1) is 0 Å². The molecule has 1 unspecified atom stereocenters. The first kappa shape index (κ1) is 23.1. The van der Waals surface area contributed by atoms with Gasteiger partial charge in [-0.25, -0.2) is 4.79 Å². The zero-order valence-electron chi connectivity index (χ0n) is 19.1. The van der Waals surface area contributed by atoms with E-state index in [0.29, 0.717) is 24.7 Å². The van der Waals surface area contributed by atoms with Crippen molar-refractivity contribution in [2.75, 3.05) is 44.4 Å². The number of hydrogen-bond donors (Lipinski definition) is 2. The van der Waals surface area contributed by atoms with Crippen molar-refractivity contribution < 1.29 is 14.3 Å². The van der Waals surface area contributed by atoms with Gasteiger partial charge in [0.1, 0.15) is 18.5 Å².